The molecular formula is C16H20N4. The predicted octanol–water partition coefficient (Wildman–Crippen LogP) is 2.73. The van der Waals surface area contributed by atoms with Crippen LogP contribution in [-0.4, -0.2) is 21.3 Å². The summed E-state index contributed by atoms with van der Waals surface area (Å²) in [6.07, 6.45) is 10.9. The van der Waals surface area contributed by atoms with Gasteiger partial charge in [0.15, 0.2) is 0 Å². The second-order valence-electron chi connectivity index (χ2n) is 6.15. The Morgan fingerprint density at radius 1 is 1.20 bits per heavy atom. The Balaban J connectivity index is 1.66. The molecule has 2 N–H and O–H groups in total. The van der Waals surface area contributed by atoms with E-state index in [0.717, 1.165) is 6.54 Å². The summed E-state index contributed by atoms with van der Waals surface area (Å²) in [6.45, 7) is 0.810. The number of nitrogens with two attached hydrogens (primary N) is 1. The molecule has 0 atom stereocenters. The van der Waals surface area contributed by atoms with Crippen LogP contribution < -0.4 is 5.73 Å². The highest BCUT2D eigenvalue weighted by Crippen LogP contribution is 2.45. The lowest BCUT2D eigenvalue weighted by atomic mass is 9.80. The van der Waals surface area contributed by atoms with Crippen LogP contribution in [0.15, 0.2) is 30.7 Å². The Bertz CT molecular complexity index is 594. The first-order valence-corrected chi connectivity index (χ1v) is 7.54. The summed E-state index contributed by atoms with van der Waals surface area (Å²) in [4.78, 5) is 4.11. The zero-order valence-electron chi connectivity index (χ0n) is 11.6. The molecule has 0 bridgehead atoms. The number of hydrogen-bond acceptors (Lipinski definition) is 3. The lowest BCUT2D eigenvalue weighted by Crippen LogP contribution is -2.32. The molecule has 0 unspecified atom stereocenters. The molecule has 20 heavy (non-hydrogen) atoms. The minimum absolute atomic E-state index is 0.552. The summed E-state index contributed by atoms with van der Waals surface area (Å²) in [6, 6.07) is 4.71. The van der Waals surface area contributed by atoms with Gasteiger partial charge in [0.05, 0.1) is 11.7 Å². The predicted molar refractivity (Wildman–Crippen MR) is 78.2 cm³/mol. The summed E-state index contributed by atoms with van der Waals surface area (Å²) in [5, 5.41) is 4.89. The van der Waals surface area contributed by atoms with Crippen molar-refractivity contribution in [2.45, 2.75) is 37.6 Å². The first kappa shape index (κ1) is 12.1. The number of nitrogens with zero attached hydrogens (tertiary/aromatic N) is 3. The van der Waals surface area contributed by atoms with Crippen molar-refractivity contribution < 1.29 is 0 Å². The van der Waals surface area contributed by atoms with Gasteiger partial charge in [-0.05, 0) is 55.8 Å². The highest BCUT2D eigenvalue weighted by molar-refractivity contribution is 5.66. The molecule has 4 heteroatoms. The van der Waals surface area contributed by atoms with Gasteiger partial charge in [0.1, 0.15) is 0 Å². The van der Waals surface area contributed by atoms with E-state index >= 15 is 0 Å². The Kier molecular flexibility index (Phi) is 2.84. The molecule has 0 spiro atoms. The van der Waals surface area contributed by atoms with Gasteiger partial charge in [-0.2, -0.15) is 5.10 Å². The zero-order chi connectivity index (χ0) is 13.5. The van der Waals surface area contributed by atoms with E-state index in [2.05, 4.69) is 28.0 Å². The topological polar surface area (TPSA) is 56.7 Å². The average Bonchev–Trinajstić information content (AvgIpc) is 3.19. The fourth-order valence-corrected chi connectivity index (χ4v) is 3.11. The summed E-state index contributed by atoms with van der Waals surface area (Å²) in [5.41, 5.74) is 9.54. The summed E-state index contributed by atoms with van der Waals surface area (Å²) < 4.78 is 2.19. The molecule has 2 aromatic rings. The number of rotatable bonds is 4. The van der Waals surface area contributed by atoms with E-state index in [9.17, 15) is 0 Å². The molecule has 2 aromatic heterocycles. The molecule has 0 amide bonds. The van der Waals surface area contributed by atoms with E-state index in [4.69, 9.17) is 10.8 Å². The van der Waals surface area contributed by atoms with Crippen LogP contribution in [0.4, 0.5) is 0 Å². The highest BCUT2D eigenvalue weighted by Gasteiger charge is 2.34. The van der Waals surface area contributed by atoms with Gasteiger partial charge in [-0.1, -0.05) is 0 Å². The van der Waals surface area contributed by atoms with Crippen LogP contribution >= 0.6 is 0 Å². The zero-order valence-corrected chi connectivity index (χ0v) is 11.6. The molecule has 104 valence electrons. The van der Waals surface area contributed by atoms with Crippen LogP contribution in [-0.2, 0) is 0 Å². The Morgan fingerprint density at radius 2 is 1.95 bits per heavy atom. The van der Waals surface area contributed by atoms with Gasteiger partial charge in [0, 0.05) is 30.1 Å². The first-order chi connectivity index (χ1) is 9.85. The van der Waals surface area contributed by atoms with Gasteiger partial charge < -0.3 is 5.73 Å². The highest BCUT2D eigenvalue weighted by atomic mass is 15.3. The number of pyridine rings is 1. The SMILES string of the molecule is NCC1CC(n2cc(-c3ccncc3)c(C3CC3)n2)C1. The normalized spacial score (nSPS) is 25.4. The van der Waals surface area contributed by atoms with Gasteiger partial charge in [0.25, 0.3) is 0 Å². The minimum atomic E-state index is 0.552. The molecule has 4 rings (SSSR count). The standard InChI is InChI=1S/C16H20N4/c17-9-11-7-14(8-11)20-10-15(12-3-5-18-6-4-12)16(19-20)13-1-2-13/h3-6,10-11,13-14H,1-2,7-9,17H2. The van der Waals surface area contributed by atoms with Crippen molar-refractivity contribution in [3.63, 3.8) is 0 Å². The Hall–Kier alpha value is -1.68. The first-order valence-electron chi connectivity index (χ1n) is 7.54. The maximum atomic E-state index is 5.72. The van der Waals surface area contributed by atoms with E-state index in [0.29, 0.717) is 17.9 Å². The molecular weight excluding hydrogens is 248 g/mol. The Morgan fingerprint density at radius 3 is 2.60 bits per heavy atom. The summed E-state index contributed by atoms with van der Waals surface area (Å²) in [7, 11) is 0. The second kappa shape index (κ2) is 4.70. The fraction of sp³-hybridized carbons (Fsp3) is 0.500. The van der Waals surface area contributed by atoms with E-state index in [1.54, 1.807) is 0 Å². The van der Waals surface area contributed by atoms with Crippen LogP contribution in [0.1, 0.15) is 43.3 Å². The van der Waals surface area contributed by atoms with Gasteiger partial charge >= 0.3 is 0 Å². The van der Waals surface area contributed by atoms with Gasteiger partial charge in [-0.25, -0.2) is 0 Å². The molecule has 2 saturated carbocycles. The second-order valence-corrected chi connectivity index (χ2v) is 6.15. The third-order valence-electron chi connectivity index (χ3n) is 4.63. The van der Waals surface area contributed by atoms with E-state index in [1.807, 2.05) is 12.4 Å². The Labute approximate surface area is 119 Å². The molecule has 0 aliphatic heterocycles. The van der Waals surface area contributed by atoms with Crippen LogP contribution in [0.2, 0.25) is 0 Å². The maximum Gasteiger partial charge on any atom is 0.0733 e. The number of aromatic nitrogens is 3. The molecule has 0 radical (unpaired) electrons. The van der Waals surface area contributed by atoms with Crippen molar-refractivity contribution in [3.05, 3.63) is 36.4 Å². The van der Waals surface area contributed by atoms with Crippen molar-refractivity contribution in [2.75, 3.05) is 6.54 Å². The van der Waals surface area contributed by atoms with Crippen LogP contribution in [0, 0.1) is 5.92 Å². The fourth-order valence-electron chi connectivity index (χ4n) is 3.11. The van der Waals surface area contributed by atoms with Crippen molar-refractivity contribution in [3.8, 4) is 11.1 Å². The van der Waals surface area contributed by atoms with Crippen molar-refractivity contribution in [1.82, 2.24) is 14.8 Å². The molecule has 4 nitrogen and oxygen atoms in total. The smallest absolute Gasteiger partial charge is 0.0733 e. The maximum absolute atomic E-state index is 5.72. The molecule has 2 aliphatic carbocycles. The van der Waals surface area contributed by atoms with Crippen molar-refractivity contribution >= 4 is 0 Å². The quantitative estimate of drug-likeness (QED) is 0.927. The van der Waals surface area contributed by atoms with E-state index in [1.165, 1.54) is 42.5 Å². The van der Waals surface area contributed by atoms with Gasteiger partial charge in [0.2, 0.25) is 0 Å². The molecule has 0 aromatic carbocycles. The van der Waals surface area contributed by atoms with E-state index < -0.39 is 0 Å². The average molecular weight is 268 g/mol. The van der Waals surface area contributed by atoms with Gasteiger partial charge in [-0.15, -0.1) is 0 Å². The van der Waals surface area contributed by atoms with Gasteiger partial charge in [-0.3, -0.25) is 9.67 Å². The monoisotopic (exact) mass is 268 g/mol. The van der Waals surface area contributed by atoms with Crippen molar-refractivity contribution in [2.24, 2.45) is 11.7 Å². The van der Waals surface area contributed by atoms with Crippen molar-refractivity contribution in [1.29, 1.82) is 0 Å². The third-order valence-corrected chi connectivity index (χ3v) is 4.63. The summed E-state index contributed by atoms with van der Waals surface area (Å²) >= 11 is 0. The van der Waals surface area contributed by atoms with Crippen LogP contribution in [0.5, 0.6) is 0 Å². The largest absolute Gasteiger partial charge is 0.330 e. The third kappa shape index (κ3) is 2.04. The molecule has 2 aliphatic rings. The lowest BCUT2D eigenvalue weighted by Gasteiger charge is -2.34. The minimum Gasteiger partial charge on any atom is -0.330 e. The van der Waals surface area contributed by atoms with E-state index in [-0.39, 0.29) is 0 Å². The molecule has 2 fully saturated rings. The lowest BCUT2D eigenvalue weighted by molar-refractivity contribution is 0.189. The summed E-state index contributed by atoms with van der Waals surface area (Å²) in [5.74, 6) is 1.36. The van der Waals surface area contributed by atoms with Crippen LogP contribution in [0.3, 0.4) is 0 Å². The van der Waals surface area contributed by atoms with Crippen LogP contribution in [0.25, 0.3) is 11.1 Å². The molecule has 2 heterocycles. The number of hydrogen-bond donors (Lipinski definition) is 1. The molecule has 0 saturated heterocycles.